The Balaban J connectivity index is 1.71. The maximum absolute atomic E-state index is 12.9. The fraction of sp³-hybridized carbons (Fsp3) is 0.0455. The molecule has 1 N–H and O–H groups in total. The van der Waals surface area contributed by atoms with Crippen LogP contribution in [-0.4, -0.2) is 30.0 Å². The fourth-order valence-electron chi connectivity index (χ4n) is 3.18. The highest BCUT2D eigenvalue weighted by Crippen LogP contribution is 2.35. The Hall–Kier alpha value is -4.13. The van der Waals surface area contributed by atoms with Gasteiger partial charge in [-0.05, 0) is 42.5 Å². The molecule has 0 spiro atoms. The van der Waals surface area contributed by atoms with E-state index >= 15 is 0 Å². The highest BCUT2D eigenvalue weighted by molar-refractivity contribution is 6.35. The van der Waals surface area contributed by atoms with Gasteiger partial charge in [-0.15, -0.1) is 0 Å². The summed E-state index contributed by atoms with van der Waals surface area (Å²) in [4.78, 5) is 38.1. The van der Waals surface area contributed by atoms with Gasteiger partial charge in [0.25, 0.3) is 11.8 Å². The number of hydrogen-bond donors (Lipinski definition) is 1. The molecule has 7 nitrogen and oxygen atoms in total. The molecular weight excluding hydrogens is 374 g/mol. The lowest BCUT2D eigenvalue weighted by Crippen LogP contribution is -2.30. The third-order valence-corrected chi connectivity index (χ3v) is 4.53. The smallest absolute Gasteiger partial charge is 0.337 e. The molecule has 0 aromatic heterocycles. The molecule has 0 saturated carbocycles. The van der Waals surface area contributed by atoms with Crippen LogP contribution in [-0.2, 0) is 0 Å². The van der Waals surface area contributed by atoms with Crippen molar-refractivity contribution >= 4 is 23.5 Å². The van der Waals surface area contributed by atoms with E-state index < -0.39 is 17.8 Å². The van der Waals surface area contributed by atoms with Crippen LogP contribution in [0.25, 0.3) is 0 Å². The summed E-state index contributed by atoms with van der Waals surface area (Å²) in [7, 11) is 1.52. The second kappa shape index (κ2) is 7.12. The molecule has 2 amide bonds. The number of rotatable bonds is 5. The number of methoxy groups -OCH3 is 1. The van der Waals surface area contributed by atoms with Crippen molar-refractivity contribution in [3.63, 3.8) is 0 Å². The molecule has 3 aromatic carbocycles. The van der Waals surface area contributed by atoms with E-state index in [1.165, 1.54) is 37.4 Å². The van der Waals surface area contributed by atoms with Gasteiger partial charge in [0.1, 0.15) is 5.75 Å². The molecule has 0 atom stereocenters. The van der Waals surface area contributed by atoms with Gasteiger partial charge in [0.15, 0.2) is 11.5 Å². The molecule has 0 aliphatic carbocycles. The minimum Gasteiger partial charge on any atom is -0.493 e. The molecule has 0 unspecified atom stereocenters. The molecule has 29 heavy (non-hydrogen) atoms. The number of amides is 2. The average Bonchev–Trinajstić information content (AvgIpc) is 2.98. The zero-order valence-corrected chi connectivity index (χ0v) is 15.3. The summed E-state index contributed by atoms with van der Waals surface area (Å²) in [5, 5.41) is 9.39. The molecule has 0 fully saturated rings. The van der Waals surface area contributed by atoms with Gasteiger partial charge in [-0.3, -0.25) is 9.59 Å². The Morgan fingerprint density at radius 3 is 2.24 bits per heavy atom. The Bertz CT molecular complexity index is 1150. The summed E-state index contributed by atoms with van der Waals surface area (Å²) in [6, 6.07) is 17.4. The van der Waals surface area contributed by atoms with Gasteiger partial charge in [0.2, 0.25) is 0 Å². The van der Waals surface area contributed by atoms with E-state index in [1.807, 2.05) is 0 Å². The number of nitrogens with zero attached hydrogens (tertiary/aromatic N) is 1. The van der Waals surface area contributed by atoms with Crippen LogP contribution in [0.15, 0.2) is 66.7 Å². The van der Waals surface area contributed by atoms with Gasteiger partial charge in [0.05, 0.1) is 29.5 Å². The Morgan fingerprint density at radius 2 is 1.52 bits per heavy atom. The van der Waals surface area contributed by atoms with Crippen molar-refractivity contribution in [3.8, 4) is 17.2 Å². The molecular formula is C22H15NO6. The average molecular weight is 389 g/mol. The molecule has 1 aliphatic heterocycles. The molecule has 0 bridgehead atoms. The summed E-state index contributed by atoms with van der Waals surface area (Å²) in [5.41, 5.74) is 0.219. The largest absolute Gasteiger partial charge is 0.493 e. The number of carboxylic acid groups (broad SMARTS) is 1. The van der Waals surface area contributed by atoms with Crippen molar-refractivity contribution in [2.45, 2.75) is 0 Å². The predicted octanol–water partition coefficient (Wildman–Crippen LogP) is 3.99. The molecule has 0 radical (unpaired) electrons. The van der Waals surface area contributed by atoms with Crippen molar-refractivity contribution in [3.05, 3.63) is 83.4 Å². The quantitative estimate of drug-likeness (QED) is 0.664. The van der Waals surface area contributed by atoms with Crippen molar-refractivity contribution in [2.24, 2.45) is 0 Å². The van der Waals surface area contributed by atoms with E-state index in [0.29, 0.717) is 17.2 Å². The third kappa shape index (κ3) is 3.08. The highest BCUT2D eigenvalue weighted by atomic mass is 16.5. The van der Waals surface area contributed by atoms with Crippen molar-refractivity contribution in [1.29, 1.82) is 0 Å². The number of carboxylic acids is 1. The van der Waals surface area contributed by atoms with E-state index in [1.54, 1.807) is 36.4 Å². The van der Waals surface area contributed by atoms with Crippen LogP contribution in [0.1, 0.15) is 31.1 Å². The maximum atomic E-state index is 12.9. The lowest BCUT2D eigenvalue weighted by atomic mass is 10.1. The fourth-order valence-corrected chi connectivity index (χ4v) is 3.18. The van der Waals surface area contributed by atoms with Gasteiger partial charge >= 0.3 is 5.97 Å². The lowest BCUT2D eigenvalue weighted by molar-refractivity contribution is 0.0698. The van der Waals surface area contributed by atoms with E-state index in [-0.39, 0.29) is 22.4 Å². The first kappa shape index (κ1) is 18.2. The first-order valence-corrected chi connectivity index (χ1v) is 8.67. The molecule has 1 heterocycles. The van der Waals surface area contributed by atoms with E-state index in [2.05, 4.69) is 0 Å². The van der Waals surface area contributed by atoms with Gasteiger partial charge in [-0.1, -0.05) is 24.3 Å². The standard InChI is InChI=1S/C22H15NO6/c1-28-18-8-4-5-9-19(18)29-13-10-11-14-16(12-13)21(25)23(20(14)24)17-7-3-2-6-15(17)22(26)27/h2-12H,1H3,(H,26,27). The number of carbonyl (C=O) groups excluding carboxylic acids is 2. The molecule has 3 aromatic rings. The van der Waals surface area contributed by atoms with Gasteiger partial charge in [-0.2, -0.15) is 0 Å². The number of aromatic carboxylic acids is 1. The minimum atomic E-state index is -1.22. The van der Waals surface area contributed by atoms with Crippen LogP contribution < -0.4 is 14.4 Å². The van der Waals surface area contributed by atoms with E-state index in [0.717, 1.165) is 4.90 Å². The topological polar surface area (TPSA) is 93.1 Å². The van der Waals surface area contributed by atoms with Crippen molar-refractivity contribution < 1.29 is 29.0 Å². The second-order valence-electron chi connectivity index (χ2n) is 6.23. The van der Waals surface area contributed by atoms with E-state index in [9.17, 15) is 19.5 Å². The number of carbonyl (C=O) groups is 3. The summed E-state index contributed by atoms with van der Waals surface area (Å²) >= 11 is 0. The van der Waals surface area contributed by atoms with Crippen molar-refractivity contribution in [1.82, 2.24) is 0 Å². The van der Waals surface area contributed by atoms with Crippen LogP contribution >= 0.6 is 0 Å². The first-order chi connectivity index (χ1) is 14.0. The Morgan fingerprint density at radius 1 is 0.862 bits per heavy atom. The zero-order valence-electron chi connectivity index (χ0n) is 15.3. The van der Waals surface area contributed by atoms with Gasteiger partial charge < -0.3 is 14.6 Å². The number of anilines is 1. The number of hydrogen-bond acceptors (Lipinski definition) is 5. The maximum Gasteiger partial charge on any atom is 0.337 e. The summed E-state index contributed by atoms with van der Waals surface area (Å²) in [5.74, 6) is -1.08. The van der Waals surface area contributed by atoms with Gasteiger partial charge in [-0.25, -0.2) is 9.69 Å². The molecule has 7 heteroatoms. The zero-order chi connectivity index (χ0) is 20.5. The van der Waals surface area contributed by atoms with Gasteiger partial charge in [0, 0.05) is 0 Å². The van der Waals surface area contributed by atoms with E-state index in [4.69, 9.17) is 9.47 Å². The second-order valence-corrected chi connectivity index (χ2v) is 6.23. The van der Waals surface area contributed by atoms with Crippen molar-refractivity contribution in [2.75, 3.05) is 12.0 Å². The number of imide groups is 1. The molecule has 0 saturated heterocycles. The van der Waals surface area contributed by atoms with Crippen LogP contribution in [0.4, 0.5) is 5.69 Å². The Kier molecular flexibility index (Phi) is 4.48. The predicted molar refractivity (Wildman–Crippen MR) is 104 cm³/mol. The lowest BCUT2D eigenvalue weighted by Gasteiger charge is -2.16. The number of ether oxygens (including phenoxy) is 2. The highest BCUT2D eigenvalue weighted by Gasteiger charge is 2.38. The normalized spacial score (nSPS) is 12.7. The molecule has 4 rings (SSSR count). The SMILES string of the molecule is COc1ccccc1Oc1ccc2c(c1)C(=O)N(c1ccccc1C(=O)O)C2=O. The summed E-state index contributed by atoms with van der Waals surface area (Å²) in [6.45, 7) is 0. The number of para-hydroxylation sites is 3. The third-order valence-electron chi connectivity index (χ3n) is 4.53. The Labute approximate surface area is 165 Å². The first-order valence-electron chi connectivity index (χ1n) is 8.67. The monoisotopic (exact) mass is 389 g/mol. The summed E-state index contributed by atoms with van der Waals surface area (Å²) < 4.78 is 11.1. The van der Waals surface area contributed by atoms with Crippen LogP contribution in [0, 0.1) is 0 Å². The van der Waals surface area contributed by atoms with Crippen LogP contribution in [0.5, 0.6) is 17.2 Å². The van der Waals surface area contributed by atoms with Crippen LogP contribution in [0.2, 0.25) is 0 Å². The molecule has 1 aliphatic rings. The summed E-state index contributed by atoms with van der Waals surface area (Å²) in [6.07, 6.45) is 0. The number of fused-ring (bicyclic) bond motifs is 1. The number of benzene rings is 3. The van der Waals surface area contributed by atoms with Crippen LogP contribution in [0.3, 0.4) is 0 Å². The minimum absolute atomic E-state index is 0.0263. The molecule has 144 valence electrons.